The summed E-state index contributed by atoms with van der Waals surface area (Å²) >= 11 is 7.82. The molecule has 1 aromatic rings. The predicted octanol–water partition coefficient (Wildman–Crippen LogP) is 3.11. The van der Waals surface area contributed by atoms with Crippen molar-refractivity contribution in [3.05, 3.63) is 33.8 Å². The summed E-state index contributed by atoms with van der Waals surface area (Å²) in [6, 6.07) is 1.52. The van der Waals surface area contributed by atoms with Crippen LogP contribution in [0.1, 0.15) is 10.4 Å². The van der Waals surface area contributed by atoms with Gasteiger partial charge in [0.05, 0.1) is 10.0 Å². The Morgan fingerprint density at radius 2 is 2.00 bits per heavy atom. The summed E-state index contributed by atoms with van der Waals surface area (Å²) in [4.78, 5) is 10.6. The highest BCUT2D eigenvalue weighted by atomic mass is 79.9. The van der Waals surface area contributed by atoms with Gasteiger partial charge in [-0.2, -0.15) is 0 Å². The molecule has 0 fully saturated rings. The molecule has 0 aromatic heterocycles. The largest absolute Gasteiger partial charge is 0.276 e. The summed E-state index contributed by atoms with van der Waals surface area (Å²) in [6.07, 6.45) is 0. The summed E-state index contributed by atoms with van der Waals surface area (Å²) in [7, 11) is 0. The van der Waals surface area contributed by atoms with E-state index in [1.165, 1.54) is 0 Å². The number of hydrogen-bond donors (Lipinski definition) is 0. The van der Waals surface area contributed by atoms with Crippen molar-refractivity contribution in [1.82, 2.24) is 0 Å². The molecule has 0 bridgehead atoms. The topological polar surface area (TPSA) is 17.1 Å². The summed E-state index contributed by atoms with van der Waals surface area (Å²) in [5.74, 6) is -1.68. The van der Waals surface area contributed by atoms with Gasteiger partial charge in [0.2, 0.25) is 0 Å². The molecule has 0 radical (unpaired) electrons. The van der Waals surface area contributed by atoms with Crippen LogP contribution in [0.2, 0.25) is 0 Å². The van der Waals surface area contributed by atoms with E-state index in [4.69, 9.17) is 11.6 Å². The Balaban J connectivity index is 3.37. The monoisotopic (exact) mass is 254 g/mol. The second kappa shape index (κ2) is 3.49. The Morgan fingerprint density at radius 3 is 2.50 bits per heavy atom. The number of halogens is 4. The lowest BCUT2D eigenvalue weighted by Gasteiger charge is -1.99. The average Bonchev–Trinajstić information content (AvgIpc) is 1.96. The highest BCUT2D eigenvalue weighted by Gasteiger charge is 2.13. The Labute approximate surface area is 80.5 Å². The molecule has 5 heteroatoms. The van der Waals surface area contributed by atoms with Gasteiger partial charge in [0.25, 0.3) is 5.24 Å². The molecule has 0 atom stereocenters. The van der Waals surface area contributed by atoms with E-state index in [-0.39, 0.29) is 10.0 Å². The maximum atomic E-state index is 12.7. The van der Waals surface area contributed by atoms with Gasteiger partial charge in [-0.05, 0) is 33.6 Å². The number of hydrogen-bond acceptors (Lipinski definition) is 1. The molecular formula is C7H2BrClF2O. The van der Waals surface area contributed by atoms with E-state index in [1.54, 1.807) is 0 Å². The number of carbonyl (C=O) groups excluding carboxylic acids is 1. The van der Waals surface area contributed by atoms with Crippen molar-refractivity contribution >= 4 is 32.8 Å². The molecule has 0 N–H and O–H groups in total. The van der Waals surface area contributed by atoms with Gasteiger partial charge in [-0.1, -0.05) is 0 Å². The van der Waals surface area contributed by atoms with Crippen LogP contribution < -0.4 is 0 Å². The molecule has 0 saturated heterocycles. The molecule has 1 rings (SSSR count). The van der Waals surface area contributed by atoms with Crippen molar-refractivity contribution in [3.63, 3.8) is 0 Å². The van der Waals surface area contributed by atoms with Gasteiger partial charge in [0, 0.05) is 6.07 Å². The summed E-state index contributed by atoms with van der Waals surface area (Å²) < 4.78 is 25.1. The van der Waals surface area contributed by atoms with E-state index in [2.05, 4.69) is 15.9 Å². The predicted molar refractivity (Wildman–Crippen MR) is 44.2 cm³/mol. The smallest absolute Gasteiger partial charge is 0.253 e. The first-order valence-electron chi connectivity index (χ1n) is 2.86. The molecule has 1 nitrogen and oxygen atoms in total. The van der Waals surface area contributed by atoms with Gasteiger partial charge < -0.3 is 0 Å². The zero-order valence-electron chi connectivity index (χ0n) is 5.57. The molecule has 64 valence electrons. The first-order chi connectivity index (χ1) is 5.52. The van der Waals surface area contributed by atoms with Crippen LogP contribution in [0.4, 0.5) is 8.78 Å². The molecule has 0 amide bonds. The van der Waals surface area contributed by atoms with E-state index < -0.39 is 16.9 Å². The van der Waals surface area contributed by atoms with Crippen molar-refractivity contribution in [2.75, 3.05) is 0 Å². The van der Waals surface area contributed by atoms with E-state index in [9.17, 15) is 13.6 Å². The Kier molecular flexibility index (Phi) is 2.80. The normalized spacial score (nSPS) is 10.0. The molecule has 0 aliphatic rings. The molecule has 0 unspecified atom stereocenters. The fourth-order valence-corrected chi connectivity index (χ4v) is 1.37. The first kappa shape index (κ1) is 9.61. The van der Waals surface area contributed by atoms with Crippen molar-refractivity contribution in [2.45, 2.75) is 0 Å². The molecule has 0 aliphatic carbocycles. The average molecular weight is 255 g/mol. The lowest BCUT2D eigenvalue weighted by Crippen LogP contribution is -1.95. The molecule has 1 aromatic carbocycles. The zero-order valence-corrected chi connectivity index (χ0v) is 7.92. The second-order valence-electron chi connectivity index (χ2n) is 2.02. The maximum absolute atomic E-state index is 12.7. The molecule has 12 heavy (non-hydrogen) atoms. The third-order valence-corrected chi connectivity index (χ3v) is 2.21. The highest BCUT2D eigenvalue weighted by molar-refractivity contribution is 9.10. The van der Waals surface area contributed by atoms with Gasteiger partial charge in [0.15, 0.2) is 0 Å². The molecule has 0 saturated carbocycles. The van der Waals surface area contributed by atoms with Crippen molar-refractivity contribution in [1.29, 1.82) is 0 Å². The highest BCUT2D eigenvalue weighted by Crippen LogP contribution is 2.23. The molecule has 0 aliphatic heterocycles. The minimum Gasteiger partial charge on any atom is -0.276 e. The number of rotatable bonds is 1. The van der Waals surface area contributed by atoms with Crippen LogP contribution in [0, 0.1) is 11.6 Å². The summed E-state index contributed by atoms with van der Waals surface area (Å²) in [6.45, 7) is 0. The summed E-state index contributed by atoms with van der Waals surface area (Å²) in [5.41, 5.74) is -0.214. The van der Waals surface area contributed by atoms with Crippen LogP contribution in [0.3, 0.4) is 0 Å². The SMILES string of the molecule is O=C(Cl)c1cc(F)cc(F)c1Br. The van der Waals surface area contributed by atoms with Crippen molar-refractivity contribution in [3.8, 4) is 0 Å². The van der Waals surface area contributed by atoms with Gasteiger partial charge >= 0.3 is 0 Å². The fourth-order valence-electron chi connectivity index (χ4n) is 0.699. The van der Waals surface area contributed by atoms with Crippen LogP contribution in [0.15, 0.2) is 16.6 Å². The quantitative estimate of drug-likeness (QED) is 0.557. The van der Waals surface area contributed by atoms with Crippen LogP contribution in [0.25, 0.3) is 0 Å². The standard InChI is InChI=1S/C7H2BrClF2O/c8-6-4(7(9)12)1-3(10)2-5(6)11/h1-2H. The van der Waals surface area contributed by atoms with Gasteiger partial charge in [-0.25, -0.2) is 8.78 Å². The summed E-state index contributed by atoms with van der Waals surface area (Å²) in [5, 5.41) is -0.903. The molecular weight excluding hydrogens is 253 g/mol. The lowest BCUT2D eigenvalue weighted by molar-refractivity contribution is 0.107. The van der Waals surface area contributed by atoms with Crippen LogP contribution in [-0.4, -0.2) is 5.24 Å². The van der Waals surface area contributed by atoms with Crippen LogP contribution >= 0.6 is 27.5 Å². The lowest BCUT2D eigenvalue weighted by atomic mass is 10.2. The van der Waals surface area contributed by atoms with Crippen LogP contribution in [-0.2, 0) is 0 Å². The van der Waals surface area contributed by atoms with Crippen LogP contribution in [0.5, 0.6) is 0 Å². The van der Waals surface area contributed by atoms with Gasteiger partial charge in [-0.3, -0.25) is 4.79 Å². The second-order valence-corrected chi connectivity index (χ2v) is 3.16. The third-order valence-electron chi connectivity index (χ3n) is 1.20. The van der Waals surface area contributed by atoms with E-state index in [1.807, 2.05) is 0 Å². The third kappa shape index (κ3) is 1.81. The van der Waals surface area contributed by atoms with Gasteiger partial charge in [-0.15, -0.1) is 0 Å². The Bertz CT molecular complexity index is 340. The first-order valence-corrected chi connectivity index (χ1v) is 4.04. The fraction of sp³-hybridized carbons (Fsp3) is 0. The number of benzene rings is 1. The van der Waals surface area contributed by atoms with Crippen molar-refractivity contribution in [2.24, 2.45) is 0 Å². The molecule has 0 spiro atoms. The maximum Gasteiger partial charge on any atom is 0.253 e. The van der Waals surface area contributed by atoms with E-state index >= 15 is 0 Å². The molecule has 0 heterocycles. The minimum absolute atomic E-state index is 0.121. The Morgan fingerprint density at radius 1 is 1.42 bits per heavy atom. The zero-order chi connectivity index (χ0) is 9.30. The van der Waals surface area contributed by atoms with Gasteiger partial charge in [0.1, 0.15) is 11.6 Å². The van der Waals surface area contributed by atoms with E-state index in [0.29, 0.717) is 6.07 Å². The minimum atomic E-state index is -0.903. The van der Waals surface area contributed by atoms with Crippen molar-refractivity contribution < 1.29 is 13.6 Å². The number of carbonyl (C=O) groups is 1. The van der Waals surface area contributed by atoms with E-state index in [0.717, 1.165) is 6.07 Å². The Hall–Kier alpha value is -0.480.